The second-order valence-corrected chi connectivity index (χ2v) is 12.8. The maximum atomic E-state index is 13.2. The van der Waals surface area contributed by atoms with Crippen LogP contribution in [0.1, 0.15) is 36.4 Å². The number of nitrogens with one attached hydrogen (secondary N) is 1. The number of nitrogens with zero attached hydrogens (tertiary/aromatic N) is 3. The van der Waals surface area contributed by atoms with Crippen molar-refractivity contribution in [2.45, 2.75) is 30.5 Å². The second kappa shape index (κ2) is 15.8. The number of hydrogen-bond acceptors (Lipinski definition) is 6. The molecule has 47 heavy (non-hydrogen) atoms. The summed E-state index contributed by atoms with van der Waals surface area (Å²) in [5, 5.41) is 0.871. The zero-order chi connectivity index (χ0) is 32.4. The molecule has 1 aliphatic rings. The number of benzene rings is 4. The van der Waals surface area contributed by atoms with E-state index in [1.807, 2.05) is 53.4 Å². The monoisotopic (exact) mass is 646 g/mol. The van der Waals surface area contributed by atoms with Crippen LogP contribution >= 0.6 is 11.8 Å². The van der Waals surface area contributed by atoms with Crippen LogP contribution in [0.2, 0.25) is 0 Å². The molecule has 1 N–H and O–H groups in total. The third-order valence-corrected chi connectivity index (χ3v) is 9.67. The summed E-state index contributed by atoms with van der Waals surface area (Å²) in [6.07, 6.45) is 2.38. The van der Waals surface area contributed by atoms with Crippen molar-refractivity contribution in [3.63, 3.8) is 0 Å². The van der Waals surface area contributed by atoms with Gasteiger partial charge in [-0.05, 0) is 72.5 Å². The zero-order valence-corrected chi connectivity index (χ0v) is 27.9. The molecule has 0 bridgehead atoms. The van der Waals surface area contributed by atoms with Gasteiger partial charge in [0, 0.05) is 49.5 Å². The van der Waals surface area contributed by atoms with Crippen LogP contribution in [0, 0.1) is 0 Å². The summed E-state index contributed by atoms with van der Waals surface area (Å²) in [7, 11) is 3.34. The van der Waals surface area contributed by atoms with E-state index in [4.69, 9.17) is 14.5 Å². The average Bonchev–Trinajstić information content (AvgIpc) is 3.57. The fourth-order valence-corrected chi connectivity index (χ4v) is 7.04. The fourth-order valence-electron chi connectivity index (χ4n) is 6.16. The standard InChI is InChI=1S/C39H42N4O3S/c1-45-33-20-16-29(17-21-33)36-37(30-18-22-34(46-2)23-19-30)41-39(40-36)47-28-10-9-15-35(44)42-24-26-43(27-25-42)38(31-11-5-3-6-12-31)32-13-7-4-8-14-32/h3-8,11-14,16-23,38H,9-10,15,24-28H2,1-2H3,(H,40,41). The Morgan fingerprint density at radius 3 is 1.85 bits per heavy atom. The van der Waals surface area contributed by atoms with Crippen LogP contribution in [0.5, 0.6) is 11.5 Å². The van der Waals surface area contributed by atoms with E-state index in [1.165, 1.54) is 11.1 Å². The van der Waals surface area contributed by atoms with Gasteiger partial charge in [0.2, 0.25) is 5.91 Å². The maximum Gasteiger partial charge on any atom is 0.222 e. The number of aromatic nitrogens is 2. The number of carbonyl (C=O) groups excluding carboxylic acids is 1. The minimum atomic E-state index is 0.198. The first kappa shape index (κ1) is 32.4. The largest absolute Gasteiger partial charge is 0.497 e. The highest BCUT2D eigenvalue weighted by molar-refractivity contribution is 7.99. The molecule has 0 spiro atoms. The molecule has 5 aromatic rings. The lowest BCUT2D eigenvalue weighted by atomic mass is 9.96. The molecule has 1 fully saturated rings. The molecule has 2 heterocycles. The molecule has 4 aromatic carbocycles. The lowest BCUT2D eigenvalue weighted by molar-refractivity contribution is -0.133. The highest BCUT2D eigenvalue weighted by Gasteiger charge is 2.28. The Labute approximate surface area is 281 Å². The summed E-state index contributed by atoms with van der Waals surface area (Å²) in [5.41, 5.74) is 6.51. The number of thioether (sulfide) groups is 1. The Bertz CT molecular complexity index is 1600. The number of ether oxygens (including phenoxy) is 2. The van der Waals surface area contributed by atoms with Gasteiger partial charge in [-0.2, -0.15) is 0 Å². The van der Waals surface area contributed by atoms with E-state index < -0.39 is 0 Å². The Hall–Kier alpha value is -4.53. The van der Waals surface area contributed by atoms with E-state index in [0.717, 1.165) is 83.9 Å². The molecular formula is C39H42N4O3S. The van der Waals surface area contributed by atoms with Gasteiger partial charge >= 0.3 is 0 Å². The van der Waals surface area contributed by atoms with E-state index in [9.17, 15) is 4.79 Å². The maximum absolute atomic E-state index is 13.2. The van der Waals surface area contributed by atoms with Gasteiger partial charge in [-0.3, -0.25) is 9.69 Å². The van der Waals surface area contributed by atoms with Crippen LogP contribution in [0.3, 0.4) is 0 Å². The first-order valence-corrected chi connectivity index (χ1v) is 17.2. The van der Waals surface area contributed by atoms with Crippen LogP contribution in [0.25, 0.3) is 22.5 Å². The normalized spacial score (nSPS) is 13.6. The van der Waals surface area contributed by atoms with E-state index in [-0.39, 0.29) is 11.9 Å². The predicted molar refractivity (Wildman–Crippen MR) is 190 cm³/mol. The number of hydrogen-bond donors (Lipinski definition) is 1. The van der Waals surface area contributed by atoms with Crippen molar-refractivity contribution >= 4 is 17.7 Å². The average molecular weight is 647 g/mol. The molecule has 8 heteroatoms. The van der Waals surface area contributed by atoms with Crippen LogP contribution in [0.4, 0.5) is 0 Å². The third kappa shape index (κ3) is 8.07. The van der Waals surface area contributed by atoms with E-state index in [0.29, 0.717) is 6.42 Å². The highest BCUT2D eigenvalue weighted by Crippen LogP contribution is 2.35. The van der Waals surface area contributed by atoms with E-state index >= 15 is 0 Å². The first-order valence-electron chi connectivity index (χ1n) is 16.3. The number of H-pyrrole nitrogens is 1. The molecule has 1 aliphatic heterocycles. The molecule has 1 saturated heterocycles. The van der Waals surface area contributed by atoms with Crippen molar-refractivity contribution in [1.82, 2.24) is 19.8 Å². The molecule has 1 amide bonds. The SMILES string of the molecule is COc1ccc(-c2nc(SCCCCC(=O)N3CCN(C(c4ccccc4)c4ccccc4)CC3)[nH]c2-c2ccc(OC)cc2)cc1. The van der Waals surface area contributed by atoms with Gasteiger partial charge < -0.3 is 19.4 Å². The Kier molecular flexibility index (Phi) is 10.9. The summed E-state index contributed by atoms with van der Waals surface area (Å²) >= 11 is 1.70. The van der Waals surface area contributed by atoms with Gasteiger partial charge in [0.15, 0.2) is 5.16 Å². The number of aromatic amines is 1. The molecule has 242 valence electrons. The third-order valence-electron chi connectivity index (χ3n) is 8.71. The van der Waals surface area contributed by atoms with Crippen molar-refractivity contribution in [2.75, 3.05) is 46.2 Å². The van der Waals surface area contributed by atoms with Crippen molar-refractivity contribution in [1.29, 1.82) is 0 Å². The first-order chi connectivity index (χ1) is 23.1. The van der Waals surface area contributed by atoms with Crippen molar-refractivity contribution in [3.05, 3.63) is 120 Å². The number of unbranched alkanes of at least 4 members (excludes halogenated alkanes) is 1. The summed E-state index contributed by atoms with van der Waals surface area (Å²) < 4.78 is 10.7. The Morgan fingerprint density at radius 2 is 1.30 bits per heavy atom. The topological polar surface area (TPSA) is 70.7 Å². The Morgan fingerprint density at radius 1 is 0.745 bits per heavy atom. The zero-order valence-electron chi connectivity index (χ0n) is 27.1. The van der Waals surface area contributed by atoms with Crippen molar-refractivity contribution in [3.8, 4) is 34.0 Å². The van der Waals surface area contributed by atoms with Crippen LogP contribution in [-0.4, -0.2) is 71.8 Å². The van der Waals surface area contributed by atoms with E-state index in [2.05, 4.69) is 70.5 Å². The summed E-state index contributed by atoms with van der Waals surface area (Å²) in [4.78, 5) is 26.3. The van der Waals surface area contributed by atoms with Crippen LogP contribution in [-0.2, 0) is 4.79 Å². The minimum absolute atomic E-state index is 0.198. The molecule has 1 aromatic heterocycles. The summed E-state index contributed by atoms with van der Waals surface area (Å²) in [5.74, 6) is 2.76. The lowest BCUT2D eigenvalue weighted by Crippen LogP contribution is -2.49. The highest BCUT2D eigenvalue weighted by atomic mass is 32.2. The number of methoxy groups -OCH3 is 2. The number of imidazole rings is 1. The molecular weight excluding hydrogens is 605 g/mol. The van der Waals surface area contributed by atoms with Gasteiger partial charge in [0.05, 0.1) is 31.6 Å². The van der Waals surface area contributed by atoms with Gasteiger partial charge in [-0.25, -0.2) is 4.98 Å². The molecule has 0 unspecified atom stereocenters. The fraction of sp³-hybridized carbons (Fsp3) is 0.282. The van der Waals surface area contributed by atoms with Crippen molar-refractivity contribution < 1.29 is 14.3 Å². The molecule has 0 atom stereocenters. The number of rotatable bonds is 13. The summed E-state index contributed by atoms with van der Waals surface area (Å²) in [6.45, 7) is 3.25. The molecule has 0 radical (unpaired) electrons. The summed E-state index contributed by atoms with van der Waals surface area (Å²) in [6, 6.07) is 37.6. The number of amides is 1. The number of piperazine rings is 1. The lowest BCUT2D eigenvalue weighted by Gasteiger charge is -2.40. The molecule has 7 nitrogen and oxygen atoms in total. The van der Waals surface area contributed by atoms with Gasteiger partial charge in [0.1, 0.15) is 11.5 Å². The second-order valence-electron chi connectivity index (χ2n) is 11.7. The van der Waals surface area contributed by atoms with Gasteiger partial charge in [-0.1, -0.05) is 72.4 Å². The van der Waals surface area contributed by atoms with E-state index in [1.54, 1.807) is 26.0 Å². The van der Waals surface area contributed by atoms with Crippen LogP contribution < -0.4 is 9.47 Å². The molecule has 0 saturated carbocycles. The Balaban J connectivity index is 1.01. The van der Waals surface area contributed by atoms with Gasteiger partial charge in [-0.15, -0.1) is 0 Å². The molecule has 6 rings (SSSR count). The molecule has 0 aliphatic carbocycles. The predicted octanol–water partition coefficient (Wildman–Crippen LogP) is 7.96. The smallest absolute Gasteiger partial charge is 0.222 e. The van der Waals surface area contributed by atoms with Crippen molar-refractivity contribution in [2.24, 2.45) is 0 Å². The van der Waals surface area contributed by atoms with Gasteiger partial charge in [0.25, 0.3) is 0 Å². The number of carbonyl (C=O) groups is 1. The minimum Gasteiger partial charge on any atom is -0.497 e. The van der Waals surface area contributed by atoms with Crippen LogP contribution in [0.15, 0.2) is 114 Å². The quantitative estimate of drug-likeness (QED) is 0.103.